The molecule has 0 aromatic rings. The maximum absolute atomic E-state index is 9.80. The van der Waals surface area contributed by atoms with Crippen LogP contribution in [0.25, 0.3) is 0 Å². The van der Waals surface area contributed by atoms with Gasteiger partial charge < -0.3 is 15.2 Å². The van der Waals surface area contributed by atoms with Crippen LogP contribution in [0.3, 0.4) is 0 Å². The van der Waals surface area contributed by atoms with E-state index in [0.717, 1.165) is 45.1 Å². The number of ether oxygens (including phenoxy) is 1. The van der Waals surface area contributed by atoms with Gasteiger partial charge in [-0.2, -0.15) is 0 Å². The summed E-state index contributed by atoms with van der Waals surface area (Å²) in [6, 6.07) is 0. The van der Waals surface area contributed by atoms with Crippen LogP contribution in [0.15, 0.2) is 0 Å². The zero-order valence-electron chi connectivity index (χ0n) is 11.5. The van der Waals surface area contributed by atoms with Crippen molar-refractivity contribution in [1.29, 1.82) is 0 Å². The van der Waals surface area contributed by atoms with Crippen LogP contribution < -0.4 is 5.32 Å². The molecule has 0 saturated heterocycles. The van der Waals surface area contributed by atoms with Gasteiger partial charge in [0.1, 0.15) is 0 Å². The molecule has 0 aromatic heterocycles. The van der Waals surface area contributed by atoms with Crippen molar-refractivity contribution >= 4 is 0 Å². The molecule has 1 aliphatic rings. The highest BCUT2D eigenvalue weighted by molar-refractivity contribution is 4.75. The monoisotopic (exact) mass is 243 g/mol. The van der Waals surface area contributed by atoms with Gasteiger partial charge >= 0.3 is 0 Å². The summed E-state index contributed by atoms with van der Waals surface area (Å²) in [4.78, 5) is 0. The molecule has 2 N–H and O–H groups in total. The molecule has 1 fully saturated rings. The molecule has 0 spiro atoms. The lowest BCUT2D eigenvalue weighted by Crippen LogP contribution is -2.35. The summed E-state index contributed by atoms with van der Waals surface area (Å²) in [5, 5.41) is 13.2. The Morgan fingerprint density at radius 2 is 2.00 bits per heavy atom. The predicted molar refractivity (Wildman–Crippen MR) is 71.1 cm³/mol. The highest BCUT2D eigenvalue weighted by Gasteiger charge is 2.22. The fraction of sp³-hybridized carbons (Fsp3) is 1.00. The van der Waals surface area contributed by atoms with E-state index in [4.69, 9.17) is 4.74 Å². The standard InChI is InChI=1S/C14H29NO2/c1-12(2)7-9-17-10-8-15-11-13-5-3-4-6-14(13)16/h12-16H,3-11H2,1-2H3. The van der Waals surface area contributed by atoms with Crippen LogP contribution in [-0.4, -0.2) is 37.5 Å². The van der Waals surface area contributed by atoms with Gasteiger partial charge in [0, 0.05) is 19.7 Å². The summed E-state index contributed by atoms with van der Waals surface area (Å²) in [5.74, 6) is 1.18. The van der Waals surface area contributed by atoms with Gasteiger partial charge in [-0.15, -0.1) is 0 Å². The molecule has 0 radical (unpaired) electrons. The lowest BCUT2D eigenvalue weighted by molar-refractivity contribution is 0.0670. The van der Waals surface area contributed by atoms with Crippen molar-refractivity contribution in [3.05, 3.63) is 0 Å². The molecule has 0 aromatic carbocycles. The molecule has 1 saturated carbocycles. The van der Waals surface area contributed by atoms with Crippen LogP contribution in [0.2, 0.25) is 0 Å². The van der Waals surface area contributed by atoms with Gasteiger partial charge in [-0.25, -0.2) is 0 Å². The van der Waals surface area contributed by atoms with Gasteiger partial charge in [-0.05, 0) is 31.1 Å². The maximum Gasteiger partial charge on any atom is 0.0590 e. The molecule has 102 valence electrons. The lowest BCUT2D eigenvalue weighted by Gasteiger charge is -2.27. The second-order valence-electron chi connectivity index (χ2n) is 5.61. The topological polar surface area (TPSA) is 41.5 Å². The molecule has 3 nitrogen and oxygen atoms in total. The molecule has 1 rings (SSSR count). The minimum absolute atomic E-state index is 0.0851. The van der Waals surface area contributed by atoms with Crippen LogP contribution in [0.4, 0.5) is 0 Å². The third-order valence-electron chi connectivity index (χ3n) is 3.54. The van der Waals surface area contributed by atoms with E-state index in [1.165, 1.54) is 19.3 Å². The van der Waals surface area contributed by atoms with E-state index >= 15 is 0 Å². The zero-order chi connectivity index (χ0) is 12.5. The first kappa shape index (κ1) is 14.9. The van der Waals surface area contributed by atoms with Crippen LogP contribution in [0, 0.1) is 11.8 Å². The Labute approximate surface area is 106 Å². The summed E-state index contributed by atoms with van der Waals surface area (Å²) >= 11 is 0. The molecular formula is C14H29NO2. The number of hydrogen-bond acceptors (Lipinski definition) is 3. The van der Waals surface area contributed by atoms with Gasteiger partial charge in [0.2, 0.25) is 0 Å². The largest absolute Gasteiger partial charge is 0.393 e. The molecular weight excluding hydrogens is 214 g/mol. The van der Waals surface area contributed by atoms with Crippen LogP contribution >= 0.6 is 0 Å². The predicted octanol–water partition coefficient (Wildman–Crippen LogP) is 2.19. The number of aliphatic hydroxyl groups is 1. The van der Waals surface area contributed by atoms with Crippen LogP contribution in [0.5, 0.6) is 0 Å². The first-order chi connectivity index (χ1) is 8.20. The van der Waals surface area contributed by atoms with Crippen molar-refractivity contribution in [1.82, 2.24) is 5.32 Å². The van der Waals surface area contributed by atoms with Gasteiger partial charge in [0.25, 0.3) is 0 Å². The molecule has 0 amide bonds. The van der Waals surface area contributed by atoms with Crippen molar-refractivity contribution in [2.75, 3.05) is 26.3 Å². The second-order valence-corrected chi connectivity index (χ2v) is 5.61. The average Bonchev–Trinajstić information content (AvgIpc) is 2.30. The Hall–Kier alpha value is -0.120. The molecule has 0 heterocycles. The van der Waals surface area contributed by atoms with E-state index in [9.17, 15) is 5.11 Å². The fourth-order valence-corrected chi connectivity index (χ4v) is 2.28. The van der Waals surface area contributed by atoms with Crippen molar-refractivity contribution < 1.29 is 9.84 Å². The smallest absolute Gasteiger partial charge is 0.0590 e. The summed E-state index contributed by atoms with van der Waals surface area (Å²) in [6.45, 7) is 7.93. The highest BCUT2D eigenvalue weighted by Crippen LogP contribution is 2.23. The van der Waals surface area contributed by atoms with Gasteiger partial charge in [0.15, 0.2) is 0 Å². The Balaban J connectivity index is 1.89. The maximum atomic E-state index is 9.80. The SMILES string of the molecule is CC(C)CCOCCNCC1CCCCC1O. The molecule has 17 heavy (non-hydrogen) atoms. The summed E-state index contributed by atoms with van der Waals surface area (Å²) in [7, 11) is 0. The Bertz CT molecular complexity index is 185. The highest BCUT2D eigenvalue weighted by atomic mass is 16.5. The number of rotatable bonds is 8. The number of nitrogens with one attached hydrogen (secondary N) is 1. The number of hydrogen-bond donors (Lipinski definition) is 2. The van der Waals surface area contributed by atoms with E-state index < -0.39 is 0 Å². The van der Waals surface area contributed by atoms with Crippen molar-refractivity contribution in [2.45, 2.75) is 52.1 Å². The number of aliphatic hydroxyl groups excluding tert-OH is 1. The third-order valence-corrected chi connectivity index (χ3v) is 3.54. The third kappa shape index (κ3) is 7.02. The lowest BCUT2D eigenvalue weighted by atomic mass is 9.86. The summed E-state index contributed by atoms with van der Waals surface area (Å²) in [5.41, 5.74) is 0. The van der Waals surface area contributed by atoms with Crippen molar-refractivity contribution in [2.24, 2.45) is 11.8 Å². The van der Waals surface area contributed by atoms with E-state index in [1.54, 1.807) is 0 Å². The summed E-state index contributed by atoms with van der Waals surface area (Å²) in [6.07, 6.45) is 5.67. The molecule has 2 unspecified atom stereocenters. The first-order valence-corrected chi connectivity index (χ1v) is 7.16. The second kappa shape index (κ2) is 8.90. The quantitative estimate of drug-likeness (QED) is 0.642. The van der Waals surface area contributed by atoms with Crippen LogP contribution in [-0.2, 0) is 4.74 Å². The zero-order valence-corrected chi connectivity index (χ0v) is 11.5. The van der Waals surface area contributed by atoms with E-state index in [0.29, 0.717) is 5.92 Å². The summed E-state index contributed by atoms with van der Waals surface area (Å²) < 4.78 is 5.54. The molecule has 1 aliphatic carbocycles. The van der Waals surface area contributed by atoms with Gasteiger partial charge in [0.05, 0.1) is 12.7 Å². The molecule has 3 heteroatoms. The van der Waals surface area contributed by atoms with E-state index in [-0.39, 0.29) is 6.10 Å². The van der Waals surface area contributed by atoms with Gasteiger partial charge in [-0.3, -0.25) is 0 Å². The van der Waals surface area contributed by atoms with Crippen molar-refractivity contribution in [3.63, 3.8) is 0 Å². The Morgan fingerprint density at radius 1 is 1.24 bits per heavy atom. The Morgan fingerprint density at radius 3 is 2.71 bits per heavy atom. The molecule has 0 bridgehead atoms. The van der Waals surface area contributed by atoms with E-state index in [2.05, 4.69) is 19.2 Å². The first-order valence-electron chi connectivity index (χ1n) is 7.16. The minimum Gasteiger partial charge on any atom is -0.393 e. The molecule has 2 atom stereocenters. The minimum atomic E-state index is -0.0851. The van der Waals surface area contributed by atoms with Gasteiger partial charge in [-0.1, -0.05) is 26.7 Å². The average molecular weight is 243 g/mol. The van der Waals surface area contributed by atoms with Crippen molar-refractivity contribution in [3.8, 4) is 0 Å². The fourth-order valence-electron chi connectivity index (χ4n) is 2.28. The van der Waals surface area contributed by atoms with Crippen LogP contribution in [0.1, 0.15) is 46.0 Å². The molecule has 0 aliphatic heterocycles. The normalized spacial score (nSPS) is 25.4. The Kier molecular flexibility index (Phi) is 7.82. The van der Waals surface area contributed by atoms with E-state index in [1.807, 2.05) is 0 Å².